The van der Waals surface area contributed by atoms with Crippen LogP contribution in [0.2, 0.25) is 0 Å². The molecule has 0 radical (unpaired) electrons. The van der Waals surface area contributed by atoms with Crippen LogP contribution in [0.15, 0.2) is 0 Å². The smallest absolute Gasteiger partial charge is 0.0700 e. The van der Waals surface area contributed by atoms with Crippen molar-refractivity contribution in [2.45, 2.75) is 51.4 Å². The third-order valence-electron chi connectivity index (χ3n) is 3.78. The van der Waals surface area contributed by atoms with Crippen molar-refractivity contribution in [3.05, 3.63) is 0 Å². The highest BCUT2D eigenvalue weighted by atomic mass is 16.5. The van der Waals surface area contributed by atoms with Gasteiger partial charge in [0.1, 0.15) is 0 Å². The first kappa shape index (κ1) is 15.9. The van der Waals surface area contributed by atoms with E-state index in [2.05, 4.69) is 5.32 Å². The van der Waals surface area contributed by atoms with Crippen molar-refractivity contribution in [3.8, 4) is 0 Å². The summed E-state index contributed by atoms with van der Waals surface area (Å²) in [7, 11) is 1.71. The Hall–Kier alpha value is -0.120. The zero-order valence-corrected chi connectivity index (χ0v) is 12.1. The van der Waals surface area contributed by atoms with E-state index in [4.69, 9.17) is 9.47 Å². The largest absolute Gasteiger partial charge is 0.382 e. The number of unbranched alkanes of at least 4 members (excludes halogenated alkanes) is 1. The second kappa shape index (κ2) is 11.9. The standard InChI is InChI=1S/C15H31NO2/c1-17-13-14-18-12-6-5-10-16-11-9-15-7-3-2-4-8-15/h15-16H,2-14H2,1H3. The average molecular weight is 257 g/mol. The van der Waals surface area contributed by atoms with Crippen LogP contribution in [-0.4, -0.2) is 40.0 Å². The molecule has 0 spiro atoms. The number of methoxy groups -OCH3 is 1. The maximum absolute atomic E-state index is 5.42. The highest BCUT2D eigenvalue weighted by molar-refractivity contribution is 4.66. The van der Waals surface area contributed by atoms with Gasteiger partial charge in [-0.15, -0.1) is 0 Å². The first-order chi connectivity index (χ1) is 8.93. The van der Waals surface area contributed by atoms with Crippen molar-refractivity contribution in [2.75, 3.05) is 40.0 Å². The monoisotopic (exact) mass is 257 g/mol. The van der Waals surface area contributed by atoms with Gasteiger partial charge in [0, 0.05) is 13.7 Å². The molecule has 0 aromatic heterocycles. The summed E-state index contributed by atoms with van der Waals surface area (Å²) in [6.45, 7) is 4.65. The van der Waals surface area contributed by atoms with E-state index in [1.807, 2.05) is 0 Å². The molecule has 1 saturated carbocycles. The topological polar surface area (TPSA) is 30.5 Å². The van der Waals surface area contributed by atoms with Crippen molar-refractivity contribution in [1.82, 2.24) is 5.32 Å². The lowest BCUT2D eigenvalue weighted by molar-refractivity contribution is 0.0688. The molecule has 1 fully saturated rings. The fourth-order valence-electron chi connectivity index (χ4n) is 2.61. The van der Waals surface area contributed by atoms with E-state index in [1.165, 1.54) is 51.5 Å². The second-order valence-electron chi connectivity index (χ2n) is 5.35. The minimum atomic E-state index is 0.708. The number of nitrogens with one attached hydrogen (secondary N) is 1. The van der Waals surface area contributed by atoms with Gasteiger partial charge in [-0.25, -0.2) is 0 Å². The molecule has 0 bridgehead atoms. The van der Waals surface area contributed by atoms with E-state index in [-0.39, 0.29) is 0 Å². The van der Waals surface area contributed by atoms with Gasteiger partial charge in [-0.1, -0.05) is 32.1 Å². The number of ether oxygens (including phenoxy) is 2. The molecule has 108 valence electrons. The Labute approximate surface area is 113 Å². The Bertz CT molecular complexity index is 170. The summed E-state index contributed by atoms with van der Waals surface area (Å²) in [5, 5.41) is 3.55. The molecule has 3 nitrogen and oxygen atoms in total. The van der Waals surface area contributed by atoms with E-state index in [1.54, 1.807) is 7.11 Å². The summed E-state index contributed by atoms with van der Waals surface area (Å²) < 4.78 is 10.3. The second-order valence-corrected chi connectivity index (χ2v) is 5.35. The number of hydrogen-bond acceptors (Lipinski definition) is 3. The molecule has 3 heteroatoms. The van der Waals surface area contributed by atoms with Crippen molar-refractivity contribution in [1.29, 1.82) is 0 Å². The molecule has 0 unspecified atom stereocenters. The van der Waals surface area contributed by atoms with Gasteiger partial charge in [-0.2, -0.15) is 0 Å². The summed E-state index contributed by atoms with van der Waals surface area (Å²) in [6.07, 6.45) is 11.1. The molecule has 0 heterocycles. The molecular formula is C15H31NO2. The molecule has 1 aliphatic carbocycles. The molecule has 0 aromatic carbocycles. The Morgan fingerprint density at radius 1 is 0.944 bits per heavy atom. The van der Waals surface area contributed by atoms with Crippen molar-refractivity contribution in [2.24, 2.45) is 5.92 Å². The van der Waals surface area contributed by atoms with Crippen molar-refractivity contribution >= 4 is 0 Å². The normalized spacial score (nSPS) is 17.2. The van der Waals surface area contributed by atoms with Gasteiger partial charge in [0.15, 0.2) is 0 Å². The van der Waals surface area contributed by atoms with E-state index < -0.39 is 0 Å². The zero-order valence-electron chi connectivity index (χ0n) is 12.1. The molecule has 1 aliphatic rings. The first-order valence-corrected chi connectivity index (χ1v) is 7.71. The summed E-state index contributed by atoms with van der Waals surface area (Å²) in [5.41, 5.74) is 0. The van der Waals surface area contributed by atoms with Gasteiger partial charge < -0.3 is 14.8 Å². The van der Waals surface area contributed by atoms with Crippen LogP contribution >= 0.6 is 0 Å². The van der Waals surface area contributed by atoms with Gasteiger partial charge in [0.05, 0.1) is 13.2 Å². The van der Waals surface area contributed by atoms with Gasteiger partial charge in [-0.05, 0) is 38.3 Å². The maximum Gasteiger partial charge on any atom is 0.0700 e. The molecule has 1 N–H and O–H groups in total. The highest BCUT2D eigenvalue weighted by Gasteiger charge is 2.12. The molecule has 0 atom stereocenters. The van der Waals surface area contributed by atoms with Crippen LogP contribution in [-0.2, 0) is 9.47 Å². The predicted molar refractivity (Wildman–Crippen MR) is 76.0 cm³/mol. The first-order valence-electron chi connectivity index (χ1n) is 7.71. The van der Waals surface area contributed by atoms with Gasteiger partial charge >= 0.3 is 0 Å². The minimum Gasteiger partial charge on any atom is -0.382 e. The fraction of sp³-hybridized carbons (Fsp3) is 1.00. The van der Waals surface area contributed by atoms with Crippen molar-refractivity contribution < 1.29 is 9.47 Å². The van der Waals surface area contributed by atoms with E-state index >= 15 is 0 Å². The molecule has 1 rings (SSSR count). The lowest BCUT2D eigenvalue weighted by atomic mass is 9.87. The minimum absolute atomic E-state index is 0.708. The third kappa shape index (κ3) is 8.90. The summed E-state index contributed by atoms with van der Waals surface area (Å²) in [6, 6.07) is 0. The predicted octanol–water partition coefficient (Wildman–Crippen LogP) is 2.99. The Balaban J connectivity index is 1.73. The summed E-state index contributed by atoms with van der Waals surface area (Å²) >= 11 is 0. The number of rotatable bonds is 11. The molecular weight excluding hydrogens is 226 g/mol. The third-order valence-corrected chi connectivity index (χ3v) is 3.78. The van der Waals surface area contributed by atoms with Crippen molar-refractivity contribution in [3.63, 3.8) is 0 Å². The van der Waals surface area contributed by atoms with Crippen LogP contribution in [0.25, 0.3) is 0 Å². The van der Waals surface area contributed by atoms with Crippen LogP contribution < -0.4 is 5.32 Å². The average Bonchev–Trinajstić information content (AvgIpc) is 2.42. The summed E-state index contributed by atoms with van der Waals surface area (Å²) in [4.78, 5) is 0. The zero-order chi connectivity index (χ0) is 12.9. The molecule has 18 heavy (non-hydrogen) atoms. The van der Waals surface area contributed by atoms with Gasteiger partial charge in [-0.3, -0.25) is 0 Å². The van der Waals surface area contributed by atoms with E-state index in [9.17, 15) is 0 Å². The van der Waals surface area contributed by atoms with Crippen LogP contribution in [0, 0.1) is 5.92 Å². The molecule has 0 aliphatic heterocycles. The SMILES string of the molecule is COCCOCCCCNCCC1CCCCC1. The molecule has 0 aromatic rings. The highest BCUT2D eigenvalue weighted by Crippen LogP contribution is 2.25. The quantitative estimate of drug-likeness (QED) is 0.577. The van der Waals surface area contributed by atoms with Crippen LogP contribution in [0.5, 0.6) is 0 Å². The Morgan fingerprint density at radius 2 is 1.78 bits per heavy atom. The maximum atomic E-state index is 5.42. The fourth-order valence-corrected chi connectivity index (χ4v) is 2.61. The lowest BCUT2D eigenvalue weighted by Gasteiger charge is -2.21. The van der Waals surface area contributed by atoms with Gasteiger partial charge in [0.25, 0.3) is 0 Å². The van der Waals surface area contributed by atoms with E-state index in [0.29, 0.717) is 6.61 Å². The summed E-state index contributed by atoms with van der Waals surface area (Å²) in [5.74, 6) is 1.00. The number of hydrogen-bond donors (Lipinski definition) is 1. The van der Waals surface area contributed by atoms with Crippen LogP contribution in [0.4, 0.5) is 0 Å². The molecule has 0 amide bonds. The molecule has 0 saturated heterocycles. The Kier molecular flexibility index (Phi) is 10.6. The van der Waals surface area contributed by atoms with Crippen LogP contribution in [0.1, 0.15) is 51.4 Å². The van der Waals surface area contributed by atoms with Gasteiger partial charge in [0.2, 0.25) is 0 Å². The Morgan fingerprint density at radius 3 is 2.56 bits per heavy atom. The van der Waals surface area contributed by atoms with E-state index in [0.717, 1.165) is 32.1 Å². The lowest BCUT2D eigenvalue weighted by Crippen LogP contribution is -2.20. The van der Waals surface area contributed by atoms with Crippen LogP contribution in [0.3, 0.4) is 0 Å².